The molecule has 1 aliphatic heterocycles. The maximum Gasteiger partial charge on any atom is 0.126 e. The first kappa shape index (κ1) is 15.7. The van der Waals surface area contributed by atoms with E-state index in [2.05, 4.69) is 26.8 Å². The number of hydrogen-bond donors (Lipinski definition) is 2. The highest BCUT2D eigenvalue weighted by atomic mass is 16.5. The molecule has 0 radical (unpaired) electrons. The van der Waals surface area contributed by atoms with Crippen molar-refractivity contribution in [2.24, 2.45) is 5.92 Å². The largest absolute Gasteiger partial charge is 0.508 e. The predicted octanol–water partition coefficient (Wildman–Crippen LogP) is 4.11. The average molecular weight is 304 g/mol. The molecule has 2 N–H and O–H groups in total. The molecular formula is C19H28O3. The smallest absolute Gasteiger partial charge is 0.126 e. The van der Waals surface area contributed by atoms with Gasteiger partial charge in [0, 0.05) is 11.5 Å². The molecule has 0 amide bonds. The van der Waals surface area contributed by atoms with Crippen LogP contribution in [0.2, 0.25) is 0 Å². The van der Waals surface area contributed by atoms with E-state index in [1.165, 1.54) is 0 Å². The summed E-state index contributed by atoms with van der Waals surface area (Å²) in [5.74, 6) is 1.84. The topological polar surface area (TPSA) is 49.7 Å². The molecule has 1 saturated carbocycles. The molecule has 22 heavy (non-hydrogen) atoms. The van der Waals surface area contributed by atoms with E-state index in [0.29, 0.717) is 18.3 Å². The van der Waals surface area contributed by atoms with Crippen LogP contribution in [0.3, 0.4) is 0 Å². The summed E-state index contributed by atoms with van der Waals surface area (Å²) in [5.41, 5.74) is 2.10. The third kappa shape index (κ3) is 2.71. The molecule has 122 valence electrons. The van der Waals surface area contributed by atoms with Crippen LogP contribution in [-0.4, -0.2) is 22.9 Å². The number of fused-ring (bicyclic) bond motifs is 3. The highest BCUT2D eigenvalue weighted by Gasteiger charge is 2.38. The lowest BCUT2D eigenvalue weighted by Crippen LogP contribution is -2.33. The Morgan fingerprint density at radius 2 is 2.05 bits per heavy atom. The fourth-order valence-corrected chi connectivity index (χ4v) is 4.23. The minimum atomic E-state index is -0.247. The average Bonchev–Trinajstić information content (AvgIpc) is 2.46. The first-order valence-electron chi connectivity index (χ1n) is 8.60. The van der Waals surface area contributed by atoms with Gasteiger partial charge in [0.05, 0.1) is 12.7 Å². The Morgan fingerprint density at radius 3 is 2.77 bits per heavy atom. The van der Waals surface area contributed by atoms with E-state index < -0.39 is 0 Å². The summed E-state index contributed by atoms with van der Waals surface area (Å²) in [5, 5.41) is 20.6. The van der Waals surface area contributed by atoms with Gasteiger partial charge in [0.25, 0.3) is 0 Å². The minimum absolute atomic E-state index is 0.0353. The SMILES string of the molecule is CCCC(C)(C)c1cc(O)c2c(c1)OCC1CCC(O)CC21. The van der Waals surface area contributed by atoms with Crippen LogP contribution >= 0.6 is 0 Å². The Bertz CT molecular complexity index is 550. The first-order chi connectivity index (χ1) is 10.4. The molecule has 1 aliphatic carbocycles. The fourth-order valence-electron chi connectivity index (χ4n) is 4.23. The lowest BCUT2D eigenvalue weighted by atomic mass is 9.71. The van der Waals surface area contributed by atoms with Gasteiger partial charge in [0.2, 0.25) is 0 Å². The summed E-state index contributed by atoms with van der Waals surface area (Å²) in [4.78, 5) is 0. The van der Waals surface area contributed by atoms with Crippen LogP contribution in [0.25, 0.3) is 0 Å². The monoisotopic (exact) mass is 304 g/mol. The second-order valence-corrected chi connectivity index (χ2v) is 7.69. The molecule has 2 aliphatic rings. The maximum absolute atomic E-state index is 10.6. The molecule has 3 heteroatoms. The standard InChI is InChI=1S/C19H28O3/c1-4-7-19(2,3)13-8-16(21)18-15-10-14(20)6-5-12(15)11-22-17(18)9-13/h8-9,12,14-15,20-21H,4-7,10-11H2,1-3H3. The van der Waals surface area contributed by atoms with Gasteiger partial charge in [-0.15, -0.1) is 0 Å². The lowest BCUT2D eigenvalue weighted by Gasteiger charge is -2.39. The quantitative estimate of drug-likeness (QED) is 0.883. The predicted molar refractivity (Wildman–Crippen MR) is 87.6 cm³/mol. The number of ether oxygens (including phenoxy) is 1. The zero-order chi connectivity index (χ0) is 15.9. The van der Waals surface area contributed by atoms with Crippen molar-refractivity contribution in [3.8, 4) is 11.5 Å². The van der Waals surface area contributed by atoms with Gasteiger partial charge in [0.1, 0.15) is 11.5 Å². The van der Waals surface area contributed by atoms with Gasteiger partial charge in [-0.1, -0.05) is 27.2 Å². The van der Waals surface area contributed by atoms with Crippen molar-refractivity contribution in [1.82, 2.24) is 0 Å². The van der Waals surface area contributed by atoms with Crippen LogP contribution in [0, 0.1) is 5.92 Å². The number of rotatable bonds is 3. The van der Waals surface area contributed by atoms with E-state index in [1.54, 1.807) is 0 Å². The van der Waals surface area contributed by atoms with Gasteiger partial charge < -0.3 is 14.9 Å². The summed E-state index contributed by atoms with van der Waals surface area (Å²) in [6.45, 7) is 7.33. The molecule has 1 aromatic carbocycles. The van der Waals surface area contributed by atoms with Gasteiger partial charge in [-0.05, 0) is 54.7 Å². The van der Waals surface area contributed by atoms with E-state index in [0.717, 1.165) is 49.0 Å². The third-order valence-corrected chi connectivity index (χ3v) is 5.57. The Hall–Kier alpha value is -1.22. The van der Waals surface area contributed by atoms with Crippen molar-refractivity contribution in [3.63, 3.8) is 0 Å². The summed E-state index contributed by atoms with van der Waals surface area (Å²) < 4.78 is 5.98. The van der Waals surface area contributed by atoms with Crippen molar-refractivity contribution in [2.45, 2.75) is 70.3 Å². The molecule has 3 unspecified atom stereocenters. The number of hydrogen-bond acceptors (Lipinski definition) is 3. The van der Waals surface area contributed by atoms with Crippen molar-refractivity contribution < 1.29 is 14.9 Å². The van der Waals surface area contributed by atoms with Crippen molar-refractivity contribution in [3.05, 3.63) is 23.3 Å². The van der Waals surface area contributed by atoms with Crippen molar-refractivity contribution in [1.29, 1.82) is 0 Å². The number of aliphatic hydroxyl groups excluding tert-OH is 1. The molecule has 0 saturated heterocycles. The number of phenols is 1. The van der Waals surface area contributed by atoms with Crippen LogP contribution in [0.4, 0.5) is 0 Å². The van der Waals surface area contributed by atoms with Gasteiger partial charge in [-0.2, -0.15) is 0 Å². The van der Waals surface area contributed by atoms with Gasteiger partial charge in [0.15, 0.2) is 0 Å². The van der Waals surface area contributed by atoms with Crippen molar-refractivity contribution >= 4 is 0 Å². The number of aromatic hydroxyl groups is 1. The van der Waals surface area contributed by atoms with E-state index in [9.17, 15) is 10.2 Å². The van der Waals surface area contributed by atoms with E-state index in [-0.39, 0.29) is 17.4 Å². The Balaban J connectivity index is 1.99. The van der Waals surface area contributed by atoms with Gasteiger partial charge in [-0.3, -0.25) is 0 Å². The van der Waals surface area contributed by atoms with Crippen LogP contribution in [0.15, 0.2) is 12.1 Å². The summed E-state index contributed by atoms with van der Waals surface area (Å²) >= 11 is 0. The normalized spacial score (nSPS) is 27.7. The Morgan fingerprint density at radius 1 is 1.27 bits per heavy atom. The van der Waals surface area contributed by atoms with Crippen LogP contribution in [0.5, 0.6) is 11.5 Å². The molecule has 3 nitrogen and oxygen atoms in total. The summed E-state index contributed by atoms with van der Waals surface area (Å²) in [6.07, 6.45) is 4.52. The second-order valence-electron chi connectivity index (χ2n) is 7.69. The van der Waals surface area contributed by atoms with Crippen LogP contribution in [0.1, 0.15) is 69.9 Å². The second kappa shape index (κ2) is 5.77. The van der Waals surface area contributed by atoms with Crippen LogP contribution in [-0.2, 0) is 5.41 Å². The van der Waals surface area contributed by atoms with Crippen molar-refractivity contribution in [2.75, 3.05) is 6.61 Å². The molecule has 0 aromatic heterocycles. The van der Waals surface area contributed by atoms with Gasteiger partial charge >= 0.3 is 0 Å². The molecule has 0 spiro atoms. The fraction of sp³-hybridized carbons (Fsp3) is 0.684. The lowest BCUT2D eigenvalue weighted by molar-refractivity contribution is 0.0626. The molecule has 0 bridgehead atoms. The van der Waals surface area contributed by atoms with E-state index in [4.69, 9.17) is 4.74 Å². The molecule has 1 heterocycles. The maximum atomic E-state index is 10.6. The molecule has 1 fully saturated rings. The summed E-state index contributed by atoms with van der Waals surface area (Å²) in [7, 11) is 0. The first-order valence-corrected chi connectivity index (χ1v) is 8.60. The van der Waals surface area contributed by atoms with E-state index in [1.807, 2.05) is 6.07 Å². The number of benzene rings is 1. The molecule has 1 aromatic rings. The van der Waals surface area contributed by atoms with Crippen LogP contribution < -0.4 is 4.74 Å². The number of phenolic OH excluding ortho intramolecular Hbond substituents is 1. The Labute approximate surface area is 133 Å². The summed E-state index contributed by atoms with van der Waals surface area (Å²) in [6, 6.07) is 4.03. The molecule has 3 rings (SSSR count). The zero-order valence-electron chi connectivity index (χ0n) is 13.9. The third-order valence-electron chi connectivity index (χ3n) is 5.57. The zero-order valence-corrected chi connectivity index (χ0v) is 13.9. The van der Waals surface area contributed by atoms with Gasteiger partial charge in [-0.25, -0.2) is 0 Å². The molecular weight excluding hydrogens is 276 g/mol. The number of aliphatic hydroxyl groups is 1. The highest BCUT2D eigenvalue weighted by Crippen LogP contribution is 2.50. The Kier molecular flexibility index (Phi) is 4.11. The van der Waals surface area contributed by atoms with E-state index >= 15 is 0 Å². The highest BCUT2D eigenvalue weighted by molar-refractivity contribution is 5.52. The molecule has 3 atom stereocenters. The minimum Gasteiger partial charge on any atom is -0.508 e.